The number of hydrogen-bond donors (Lipinski definition) is 2. The molecule has 1 heterocycles. The molecule has 1 rings (SSSR count). The molecule has 106 valence electrons. The van der Waals surface area contributed by atoms with Crippen molar-refractivity contribution in [3.05, 3.63) is 16.1 Å². The number of oxime groups is 1. The van der Waals surface area contributed by atoms with Crippen LogP contribution in [0.25, 0.3) is 0 Å². The van der Waals surface area contributed by atoms with Crippen LogP contribution in [0.5, 0.6) is 0 Å². The Morgan fingerprint density at radius 2 is 2.37 bits per heavy atom. The minimum atomic E-state index is -0.174. The average Bonchev–Trinajstić information content (AvgIpc) is 2.84. The van der Waals surface area contributed by atoms with E-state index in [0.29, 0.717) is 31.8 Å². The van der Waals surface area contributed by atoms with Gasteiger partial charge < -0.3 is 20.6 Å². The fraction of sp³-hybridized carbons (Fsp3) is 0.545. The highest BCUT2D eigenvalue weighted by Gasteiger charge is 2.18. The highest BCUT2D eigenvalue weighted by molar-refractivity contribution is 7.09. The van der Waals surface area contributed by atoms with Crippen LogP contribution in [0.15, 0.2) is 10.5 Å². The standard InChI is InChI=1S/C11H18N4O3S/c1-8-13-9(7-19-8)11(16)15(5-6-18-2)4-3-10(12)14-17/h7,17H,3-6H2,1-2H3,(H2,12,14). The highest BCUT2D eigenvalue weighted by atomic mass is 32.1. The van der Waals surface area contributed by atoms with Crippen LogP contribution in [-0.4, -0.2) is 53.6 Å². The largest absolute Gasteiger partial charge is 0.409 e. The number of carbonyl (C=O) groups is 1. The fourth-order valence-corrected chi connectivity index (χ4v) is 2.03. The van der Waals surface area contributed by atoms with Gasteiger partial charge in [-0.3, -0.25) is 4.79 Å². The van der Waals surface area contributed by atoms with Gasteiger partial charge in [0, 0.05) is 32.0 Å². The second kappa shape index (κ2) is 7.70. The maximum absolute atomic E-state index is 12.2. The summed E-state index contributed by atoms with van der Waals surface area (Å²) in [4.78, 5) is 18.0. The van der Waals surface area contributed by atoms with E-state index in [-0.39, 0.29) is 11.7 Å². The number of nitrogens with two attached hydrogens (primary N) is 1. The molecule has 7 nitrogen and oxygen atoms in total. The molecule has 0 saturated carbocycles. The lowest BCUT2D eigenvalue weighted by molar-refractivity contribution is 0.0695. The van der Waals surface area contributed by atoms with Gasteiger partial charge in [-0.25, -0.2) is 4.98 Å². The molecule has 0 aliphatic heterocycles. The van der Waals surface area contributed by atoms with Crippen molar-refractivity contribution in [1.82, 2.24) is 9.88 Å². The Bertz CT molecular complexity index is 447. The third-order valence-electron chi connectivity index (χ3n) is 2.46. The number of methoxy groups -OCH3 is 1. The van der Waals surface area contributed by atoms with Crippen LogP contribution >= 0.6 is 11.3 Å². The molecule has 1 aromatic heterocycles. The number of hydrogen-bond acceptors (Lipinski definition) is 6. The molecule has 0 aliphatic carbocycles. The fourth-order valence-electron chi connectivity index (χ4n) is 1.44. The Balaban J connectivity index is 2.69. The Hall–Kier alpha value is -1.67. The number of thiazole rings is 1. The van der Waals surface area contributed by atoms with E-state index in [9.17, 15) is 4.79 Å². The molecule has 1 amide bonds. The van der Waals surface area contributed by atoms with E-state index < -0.39 is 0 Å². The first-order valence-electron chi connectivity index (χ1n) is 5.75. The first-order chi connectivity index (χ1) is 9.08. The number of amidine groups is 1. The van der Waals surface area contributed by atoms with Gasteiger partial charge in [0.2, 0.25) is 0 Å². The number of ether oxygens (including phenoxy) is 1. The summed E-state index contributed by atoms with van der Waals surface area (Å²) in [5, 5.41) is 14.0. The zero-order valence-corrected chi connectivity index (χ0v) is 11.8. The molecular weight excluding hydrogens is 268 g/mol. The van der Waals surface area contributed by atoms with Crippen LogP contribution in [0, 0.1) is 6.92 Å². The summed E-state index contributed by atoms with van der Waals surface area (Å²) in [6.45, 7) is 3.06. The van der Waals surface area contributed by atoms with Crippen LogP contribution in [0.4, 0.5) is 0 Å². The zero-order valence-electron chi connectivity index (χ0n) is 11.0. The lowest BCUT2D eigenvalue weighted by atomic mass is 10.3. The first-order valence-corrected chi connectivity index (χ1v) is 6.63. The van der Waals surface area contributed by atoms with Crippen LogP contribution in [0.2, 0.25) is 0 Å². The molecule has 0 atom stereocenters. The van der Waals surface area contributed by atoms with E-state index in [1.54, 1.807) is 17.4 Å². The minimum absolute atomic E-state index is 0.0877. The van der Waals surface area contributed by atoms with E-state index in [2.05, 4.69) is 10.1 Å². The number of aryl methyl sites for hydroxylation is 1. The Labute approximate surface area is 115 Å². The number of rotatable bonds is 7. The number of carbonyl (C=O) groups excluding carboxylic acids is 1. The summed E-state index contributed by atoms with van der Waals surface area (Å²) in [5.41, 5.74) is 5.82. The van der Waals surface area contributed by atoms with E-state index in [1.807, 2.05) is 6.92 Å². The van der Waals surface area contributed by atoms with E-state index in [0.717, 1.165) is 5.01 Å². The van der Waals surface area contributed by atoms with Gasteiger partial charge in [-0.1, -0.05) is 5.16 Å². The van der Waals surface area contributed by atoms with E-state index in [4.69, 9.17) is 15.7 Å². The topological polar surface area (TPSA) is 101 Å². The van der Waals surface area contributed by atoms with Gasteiger partial charge in [0.1, 0.15) is 11.5 Å². The predicted octanol–water partition coefficient (Wildman–Crippen LogP) is 0.677. The van der Waals surface area contributed by atoms with Crippen LogP contribution in [-0.2, 0) is 4.74 Å². The Morgan fingerprint density at radius 3 is 2.89 bits per heavy atom. The van der Waals surface area contributed by atoms with Crippen LogP contribution in [0.1, 0.15) is 21.9 Å². The Morgan fingerprint density at radius 1 is 1.63 bits per heavy atom. The normalized spacial score (nSPS) is 11.6. The highest BCUT2D eigenvalue weighted by Crippen LogP contribution is 2.11. The van der Waals surface area contributed by atoms with E-state index >= 15 is 0 Å². The molecule has 1 aromatic rings. The molecular formula is C11H18N4O3S. The quantitative estimate of drug-likeness (QED) is 0.332. The second-order valence-electron chi connectivity index (χ2n) is 3.88. The molecule has 0 unspecified atom stereocenters. The lowest BCUT2D eigenvalue weighted by Gasteiger charge is -2.21. The molecule has 0 aromatic carbocycles. The Kier molecular flexibility index (Phi) is 6.23. The predicted molar refractivity (Wildman–Crippen MR) is 72.7 cm³/mol. The van der Waals surface area contributed by atoms with Gasteiger partial charge in [0.05, 0.1) is 11.6 Å². The van der Waals surface area contributed by atoms with Crippen molar-refractivity contribution < 1.29 is 14.7 Å². The van der Waals surface area contributed by atoms with Crippen LogP contribution in [0.3, 0.4) is 0 Å². The SMILES string of the molecule is COCCN(CCC(N)=NO)C(=O)c1csc(C)n1. The van der Waals surface area contributed by atoms with Crippen molar-refractivity contribution in [2.75, 3.05) is 26.8 Å². The molecule has 0 spiro atoms. The van der Waals surface area contributed by atoms with Crippen molar-refractivity contribution >= 4 is 23.1 Å². The molecule has 19 heavy (non-hydrogen) atoms. The van der Waals surface area contributed by atoms with E-state index in [1.165, 1.54) is 11.3 Å². The van der Waals surface area contributed by atoms with Crippen molar-refractivity contribution in [3.63, 3.8) is 0 Å². The van der Waals surface area contributed by atoms with Crippen molar-refractivity contribution in [1.29, 1.82) is 0 Å². The molecule has 3 N–H and O–H groups in total. The van der Waals surface area contributed by atoms with Crippen LogP contribution < -0.4 is 5.73 Å². The van der Waals surface area contributed by atoms with Gasteiger partial charge in [0.15, 0.2) is 0 Å². The summed E-state index contributed by atoms with van der Waals surface area (Å²) in [5.74, 6) is -0.0863. The van der Waals surface area contributed by atoms with Gasteiger partial charge >= 0.3 is 0 Å². The summed E-state index contributed by atoms with van der Waals surface area (Å²) in [7, 11) is 1.57. The summed E-state index contributed by atoms with van der Waals surface area (Å²) in [6.07, 6.45) is 0.301. The first kappa shape index (κ1) is 15.4. The number of amides is 1. The summed E-state index contributed by atoms with van der Waals surface area (Å²) < 4.78 is 4.97. The zero-order chi connectivity index (χ0) is 14.3. The second-order valence-corrected chi connectivity index (χ2v) is 4.94. The number of nitrogens with zero attached hydrogens (tertiary/aromatic N) is 3. The molecule has 0 bridgehead atoms. The molecule has 0 aliphatic rings. The molecule has 0 radical (unpaired) electrons. The van der Waals surface area contributed by atoms with Crippen molar-refractivity contribution in [3.8, 4) is 0 Å². The lowest BCUT2D eigenvalue weighted by Crippen LogP contribution is -2.36. The van der Waals surface area contributed by atoms with Gasteiger partial charge in [-0.2, -0.15) is 0 Å². The van der Waals surface area contributed by atoms with Gasteiger partial charge in [-0.05, 0) is 6.92 Å². The monoisotopic (exact) mass is 286 g/mol. The van der Waals surface area contributed by atoms with Crippen molar-refractivity contribution in [2.24, 2.45) is 10.9 Å². The molecule has 8 heteroatoms. The maximum Gasteiger partial charge on any atom is 0.273 e. The smallest absolute Gasteiger partial charge is 0.273 e. The number of aromatic nitrogens is 1. The minimum Gasteiger partial charge on any atom is -0.409 e. The third kappa shape index (κ3) is 4.84. The maximum atomic E-state index is 12.2. The molecule has 0 saturated heterocycles. The third-order valence-corrected chi connectivity index (χ3v) is 3.23. The van der Waals surface area contributed by atoms with Gasteiger partial charge in [0.25, 0.3) is 5.91 Å². The average molecular weight is 286 g/mol. The summed E-state index contributed by atoms with van der Waals surface area (Å²) in [6, 6.07) is 0. The molecule has 0 fully saturated rings. The van der Waals surface area contributed by atoms with Gasteiger partial charge in [-0.15, -0.1) is 11.3 Å². The summed E-state index contributed by atoms with van der Waals surface area (Å²) >= 11 is 1.42. The van der Waals surface area contributed by atoms with Crippen molar-refractivity contribution in [2.45, 2.75) is 13.3 Å².